The van der Waals surface area contributed by atoms with Crippen LogP contribution in [-0.4, -0.2) is 28.3 Å². The molecule has 1 aromatic rings. The van der Waals surface area contributed by atoms with Crippen LogP contribution in [0, 0.1) is 5.92 Å². The number of nitrogens with zero attached hydrogens (tertiary/aromatic N) is 3. The zero-order chi connectivity index (χ0) is 11.7. The second kappa shape index (κ2) is 4.05. The van der Waals surface area contributed by atoms with E-state index in [1.807, 2.05) is 0 Å². The molecule has 1 unspecified atom stereocenters. The van der Waals surface area contributed by atoms with Crippen LogP contribution in [-0.2, 0) is 9.59 Å². The van der Waals surface area contributed by atoms with Crippen molar-refractivity contribution < 1.29 is 9.59 Å². The van der Waals surface area contributed by atoms with Crippen LogP contribution in [0.1, 0.15) is 6.42 Å². The Morgan fingerprint density at radius 1 is 1.62 bits per heavy atom. The zero-order valence-corrected chi connectivity index (χ0v) is 9.02. The number of hydrogen-bond acceptors (Lipinski definition) is 4. The molecule has 0 aromatic carbocycles. The second-order valence-corrected chi connectivity index (χ2v) is 3.87. The molecular formula is C9H9ClN4O2. The van der Waals surface area contributed by atoms with Gasteiger partial charge in [-0.15, -0.1) is 0 Å². The highest BCUT2D eigenvalue weighted by Gasteiger charge is 2.35. The van der Waals surface area contributed by atoms with Gasteiger partial charge >= 0.3 is 0 Å². The maximum absolute atomic E-state index is 11.6. The smallest absolute Gasteiger partial charge is 0.233 e. The third kappa shape index (κ3) is 1.96. The topological polar surface area (TPSA) is 89.2 Å². The number of carbonyl (C=O) groups excluding carboxylic acids is 2. The van der Waals surface area contributed by atoms with Gasteiger partial charge in [-0.05, 0) is 6.07 Å². The lowest BCUT2D eigenvalue weighted by atomic mass is 10.1. The number of halogens is 1. The quantitative estimate of drug-likeness (QED) is 0.735. The van der Waals surface area contributed by atoms with Crippen molar-refractivity contribution in [3.63, 3.8) is 0 Å². The van der Waals surface area contributed by atoms with Gasteiger partial charge in [-0.3, -0.25) is 14.5 Å². The first-order chi connectivity index (χ1) is 7.58. The minimum absolute atomic E-state index is 0.102. The van der Waals surface area contributed by atoms with Crippen molar-refractivity contribution in [2.45, 2.75) is 6.42 Å². The Hall–Kier alpha value is -1.69. The molecule has 1 fully saturated rings. The molecule has 0 bridgehead atoms. The van der Waals surface area contributed by atoms with E-state index >= 15 is 0 Å². The van der Waals surface area contributed by atoms with Crippen molar-refractivity contribution in [2.75, 3.05) is 11.4 Å². The summed E-state index contributed by atoms with van der Waals surface area (Å²) in [7, 11) is 0. The Morgan fingerprint density at radius 3 is 2.94 bits per heavy atom. The normalized spacial score (nSPS) is 20.2. The molecule has 7 heteroatoms. The summed E-state index contributed by atoms with van der Waals surface area (Å²) in [5.74, 6) is -0.972. The molecule has 6 nitrogen and oxygen atoms in total. The van der Waals surface area contributed by atoms with Crippen molar-refractivity contribution in [1.29, 1.82) is 0 Å². The molecule has 1 atom stereocenters. The lowest BCUT2D eigenvalue weighted by Crippen LogP contribution is -2.29. The fraction of sp³-hybridized carbons (Fsp3) is 0.333. The number of primary amides is 1. The van der Waals surface area contributed by atoms with Gasteiger partial charge in [0.15, 0.2) is 0 Å². The van der Waals surface area contributed by atoms with Crippen LogP contribution in [0.4, 0.5) is 5.95 Å². The minimum atomic E-state index is -0.488. The Labute approximate surface area is 96.4 Å². The number of anilines is 1. The van der Waals surface area contributed by atoms with E-state index in [4.69, 9.17) is 17.3 Å². The monoisotopic (exact) mass is 240 g/mol. The van der Waals surface area contributed by atoms with Crippen molar-refractivity contribution in [1.82, 2.24) is 9.97 Å². The minimum Gasteiger partial charge on any atom is -0.369 e. The maximum atomic E-state index is 11.6. The maximum Gasteiger partial charge on any atom is 0.233 e. The van der Waals surface area contributed by atoms with Gasteiger partial charge < -0.3 is 5.73 Å². The fourth-order valence-electron chi connectivity index (χ4n) is 1.55. The number of rotatable bonds is 2. The van der Waals surface area contributed by atoms with Crippen LogP contribution in [0.2, 0.25) is 5.15 Å². The standard InChI is InChI=1S/C9H9ClN4O2/c10-6-1-2-12-9(13-6)14-4-5(8(11)16)3-7(14)15/h1-2,5H,3-4H2,(H2,11,16). The van der Waals surface area contributed by atoms with E-state index < -0.39 is 11.8 Å². The Kier molecular flexibility index (Phi) is 2.74. The molecule has 1 aliphatic heterocycles. The van der Waals surface area contributed by atoms with Gasteiger partial charge in [0.1, 0.15) is 5.15 Å². The van der Waals surface area contributed by atoms with Crippen molar-refractivity contribution in [3.8, 4) is 0 Å². The molecule has 0 spiro atoms. The van der Waals surface area contributed by atoms with Crippen LogP contribution in [0.15, 0.2) is 12.3 Å². The summed E-state index contributed by atoms with van der Waals surface area (Å²) in [6.45, 7) is 0.217. The van der Waals surface area contributed by atoms with E-state index in [1.165, 1.54) is 17.2 Å². The van der Waals surface area contributed by atoms with E-state index in [2.05, 4.69) is 9.97 Å². The van der Waals surface area contributed by atoms with E-state index in [1.54, 1.807) is 0 Å². The first kappa shape index (κ1) is 10.8. The first-order valence-corrected chi connectivity index (χ1v) is 5.04. The Balaban J connectivity index is 2.23. The molecule has 0 aliphatic carbocycles. The second-order valence-electron chi connectivity index (χ2n) is 3.49. The molecular weight excluding hydrogens is 232 g/mol. The lowest BCUT2D eigenvalue weighted by molar-refractivity contribution is -0.123. The molecule has 2 amide bonds. The average molecular weight is 241 g/mol. The van der Waals surface area contributed by atoms with Crippen molar-refractivity contribution in [2.24, 2.45) is 11.7 Å². The molecule has 1 saturated heterocycles. The van der Waals surface area contributed by atoms with Crippen molar-refractivity contribution in [3.05, 3.63) is 17.4 Å². The van der Waals surface area contributed by atoms with E-state index in [9.17, 15) is 9.59 Å². The summed E-state index contributed by atoms with van der Waals surface area (Å²) in [5, 5.41) is 0.250. The third-order valence-corrected chi connectivity index (χ3v) is 2.59. The predicted octanol–water partition coefficient (Wildman–Crippen LogP) is -0.0318. The Morgan fingerprint density at radius 2 is 2.38 bits per heavy atom. The van der Waals surface area contributed by atoms with E-state index in [0.717, 1.165) is 0 Å². The molecule has 2 rings (SSSR count). The molecule has 84 valence electrons. The number of amides is 2. The first-order valence-electron chi connectivity index (χ1n) is 4.66. The summed E-state index contributed by atoms with van der Waals surface area (Å²) < 4.78 is 0. The molecule has 16 heavy (non-hydrogen) atoms. The van der Waals surface area contributed by atoms with Gasteiger partial charge in [0.2, 0.25) is 17.8 Å². The largest absolute Gasteiger partial charge is 0.369 e. The summed E-state index contributed by atoms with van der Waals surface area (Å²) in [4.78, 5) is 31.7. The molecule has 2 heterocycles. The number of nitrogens with two attached hydrogens (primary N) is 1. The lowest BCUT2D eigenvalue weighted by Gasteiger charge is -2.13. The highest BCUT2D eigenvalue weighted by molar-refractivity contribution is 6.29. The Bertz CT molecular complexity index is 451. The zero-order valence-electron chi connectivity index (χ0n) is 8.26. The predicted molar refractivity (Wildman–Crippen MR) is 56.7 cm³/mol. The van der Waals surface area contributed by atoms with Crippen LogP contribution < -0.4 is 10.6 Å². The number of aromatic nitrogens is 2. The summed E-state index contributed by atoms with van der Waals surface area (Å²) in [6, 6.07) is 1.51. The van der Waals surface area contributed by atoms with Gasteiger partial charge in [0.25, 0.3) is 0 Å². The van der Waals surface area contributed by atoms with Gasteiger partial charge in [-0.1, -0.05) is 11.6 Å². The third-order valence-electron chi connectivity index (χ3n) is 2.38. The van der Waals surface area contributed by atoms with Crippen LogP contribution in [0.25, 0.3) is 0 Å². The summed E-state index contributed by atoms with van der Waals surface area (Å²) in [6.07, 6.45) is 1.56. The van der Waals surface area contributed by atoms with E-state index in [0.29, 0.717) is 0 Å². The van der Waals surface area contributed by atoms with Gasteiger partial charge in [-0.2, -0.15) is 0 Å². The highest BCUT2D eigenvalue weighted by atomic mass is 35.5. The SMILES string of the molecule is NC(=O)C1CC(=O)N(c2nccc(Cl)n2)C1. The summed E-state index contributed by atoms with van der Waals surface area (Å²) >= 11 is 5.69. The fourth-order valence-corrected chi connectivity index (χ4v) is 1.68. The number of carbonyl (C=O) groups is 2. The van der Waals surface area contributed by atoms with Crippen LogP contribution in [0.5, 0.6) is 0 Å². The van der Waals surface area contributed by atoms with Gasteiger partial charge in [-0.25, -0.2) is 9.97 Å². The molecule has 1 aromatic heterocycles. The highest BCUT2D eigenvalue weighted by Crippen LogP contribution is 2.22. The van der Waals surface area contributed by atoms with E-state index in [-0.39, 0.29) is 30.0 Å². The van der Waals surface area contributed by atoms with Gasteiger partial charge in [0, 0.05) is 19.2 Å². The molecule has 0 radical (unpaired) electrons. The van der Waals surface area contributed by atoms with Crippen LogP contribution in [0.3, 0.4) is 0 Å². The molecule has 2 N–H and O–H groups in total. The van der Waals surface area contributed by atoms with Crippen LogP contribution >= 0.6 is 11.6 Å². The molecule has 0 saturated carbocycles. The molecule has 1 aliphatic rings. The number of hydrogen-bond donors (Lipinski definition) is 1. The van der Waals surface area contributed by atoms with Gasteiger partial charge in [0.05, 0.1) is 5.92 Å². The average Bonchev–Trinajstić information content (AvgIpc) is 2.60. The van der Waals surface area contributed by atoms with Crippen molar-refractivity contribution >= 4 is 29.4 Å². The summed E-state index contributed by atoms with van der Waals surface area (Å²) in [5.41, 5.74) is 5.15.